The number of halogens is 5. The first kappa shape index (κ1) is 14.0. The van der Waals surface area contributed by atoms with Crippen molar-refractivity contribution < 1.29 is 13.2 Å². The number of H-pyrrole nitrogens is 1. The number of hydrogen-bond acceptors (Lipinski definition) is 1. The highest BCUT2D eigenvalue weighted by molar-refractivity contribution is 6.43. The summed E-state index contributed by atoms with van der Waals surface area (Å²) in [6, 6.07) is 6.44. The zero-order valence-corrected chi connectivity index (χ0v) is 10.7. The van der Waals surface area contributed by atoms with Gasteiger partial charge in [0.2, 0.25) is 0 Å². The molecule has 0 amide bonds. The molecule has 1 heterocycles. The molecule has 0 aliphatic rings. The fourth-order valence-electron chi connectivity index (χ4n) is 1.56. The summed E-state index contributed by atoms with van der Waals surface area (Å²) in [7, 11) is 0. The smallest absolute Gasteiger partial charge is 0.318 e. The lowest BCUT2D eigenvalue weighted by atomic mass is 10.1. The molecule has 0 spiro atoms. The lowest BCUT2D eigenvalue weighted by molar-refractivity contribution is -0.141. The molecular formula is C12H6Cl2F3NO. The molecule has 100 valence electrons. The first-order chi connectivity index (χ1) is 8.80. The Morgan fingerprint density at radius 2 is 1.68 bits per heavy atom. The monoisotopic (exact) mass is 307 g/mol. The Balaban J connectivity index is 2.59. The van der Waals surface area contributed by atoms with Crippen LogP contribution >= 0.6 is 23.2 Å². The van der Waals surface area contributed by atoms with E-state index in [4.69, 9.17) is 23.2 Å². The van der Waals surface area contributed by atoms with E-state index >= 15 is 0 Å². The quantitative estimate of drug-likeness (QED) is 0.834. The molecule has 0 atom stereocenters. The molecule has 0 saturated heterocycles. The second-order valence-electron chi connectivity index (χ2n) is 3.71. The maximum Gasteiger partial charge on any atom is 0.431 e. The van der Waals surface area contributed by atoms with E-state index in [1.165, 1.54) is 12.1 Å². The van der Waals surface area contributed by atoms with Crippen LogP contribution in [-0.2, 0) is 6.18 Å². The Labute approximate surface area is 115 Å². The number of hydrogen-bond donors (Lipinski definition) is 1. The molecule has 19 heavy (non-hydrogen) atoms. The summed E-state index contributed by atoms with van der Waals surface area (Å²) in [6.07, 6.45) is -4.60. The van der Waals surface area contributed by atoms with Crippen molar-refractivity contribution in [2.75, 3.05) is 0 Å². The van der Waals surface area contributed by atoms with Crippen LogP contribution in [0.4, 0.5) is 13.2 Å². The third-order valence-electron chi connectivity index (χ3n) is 2.46. The SMILES string of the molecule is O=c1[nH]c(C(F)(F)F)ccc1-c1cccc(Cl)c1Cl. The van der Waals surface area contributed by atoms with Gasteiger partial charge < -0.3 is 4.98 Å². The first-order valence-corrected chi connectivity index (χ1v) is 5.81. The standard InChI is InChI=1S/C12H6Cl2F3NO/c13-8-3-1-2-6(10(8)14)7-4-5-9(12(15,16)17)18-11(7)19/h1-5H,(H,18,19). The Morgan fingerprint density at radius 3 is 2.26 bits per heavy atom. The van der Waals surface area contributed by atoms with Crippen molar-refractivity contribution in [1.82, 2.24) is 4.98 Å². The number of alkyl halides is 3. The number of aromatic nitrogens is 1. The molecule has 1 N–H and O–H groups in total. The maximum absolute atomic E-state index is 12.4. The van der Waals surface area contributed by atoms with Crippen LogP contribution in [0, 0.1) is 0 Å². The van der Waals surface area contributed by atoms with Gasteiger partial charge in [0.05, 0.1) is 10.0 Å². The van der Waals surface area contributed by atoms with Gasteiger partial charge in [0, 0.05) is 11.1 Å². The van der Waals surface area contributed by atoms with Crippen LogP contribution < -0.4 is 5.56 Å². The first-order valence-electron chi connectivity index (χ1n) is 5.05. The van der Waals surface area contributed by atoms with Crippen molar-refractivity contribution in [2.45, 2.75) is 6.18 Å². The molecule has 2 rings (SSSR count). The van der Waals surface area contributed by atoms with Gasteiger partial charge in [-0.25, -0.2) is 0 Å². The van der Waals surface area contributed by atoms with Crippen LogP contribution in [0.15, 0.2) is 35.1 Å². The molecule has 7 heteroatoms. The van der Waals surface area contributed by atoms with E-state index in [1.54, 1.807) is 11.1 Å². The van der Waals surface area contributed by atoms with E-state index in [0.717, 1.165) is 12.1 Å². The van der Waals surface area contributed by atoms with Gasteiger partial charge in [-0.2, -0.15) is 13.2 Å². The minimum atomic E-state index is -4.60. The minimum Gasteiger partial charge on any atom is -0.318 e. The van der Waals surface area contributed by atoms with E-state index in [1.807, 2.05) is 0 Å². The van der Waals surface area contributed by atoms with Crippen molar-refractivity contribution in [3.63, 3.8) is 0 Å². The van der Waals surface area contributed by atoms with Crippen LogP contribution in [0.2, 0.25) is 10.0 Å². The number of aromatic amines is 1. The summed E-state index contributed by atoms with van der Waals surface area (Å²) in [5, 5.41) is 0.341. The van der Waals surface area contributed by atoms with E-state index in [-0.39, 0.29) is 21.2 Å². The van der Waals surface area contributed by atoms with Gasteiger partial charge in [-0.05, 0) is 18.2 Å². The minimum absolute atomic E-state index is 0.0282. The third kappa shape index (κ3) is 2.77. The second kappa shape index (κ2) is 4.90. The van der Waals surface area contributed by atoms with Gasteiger partial charge in [0.1, 0.15) is 5.69 Å². The molecule has 0 radical (unpaired) electrons. The number of pyridine rings is 1. The highest BCUT2D eigenvalue weighted by Crippen LogP contribution is 2.33. The van der Waals surface area contributed by atoms with Crippen LogP contribution in [0.25, 0.3) is 11.1 Å². The van der Waals surface area contributed by atoms with E-state index in [9.17, 15) is 18.0 Å². The molecule has 0 aliphatic carbocycles. The number of nitrogens with one attached hydrogen (secondary N) is 1. The predicted octanol–water partition coefficient (Wildman–Crippen LogP) is 4.37. The van der Waals surface area contributed by atoms with E-state index in [0.29, 0.717) is 0 Å². The summed E-state index contributed by atoms with van der Waals surface area (Å²) < 4.78 is 37.3. The molecule has 2 aromatic rings. The maximum atomic E-state index is 12.4. The second-order valence-corrected chi connectivity index (χ2v) is 4.50. The summed E-state index contributed by atoms with van der Waals surface area (Å²) >= 11 is 11.7. The zero-order valence-electron chi connectivity index (χ0n) is 9.18. The van der Waals surface area contributed by atoms with Crippen LogP contribution in [-0.4, -0.2) is 4.98 Å². The average Bonchev–Trinajstić information content (AvgIpc) is 2.32. The van der Waals surface area contributed by atoms with E-state index in [2.05, 4.69) is 0 Å². The summed E-state index contributed by atoms with van der Waals surface area (Å²) in [5.41, 5.74) is -1.68. The Morgan fingerprint density at radius 1 is 1.00 bits per heavy atom. The Kier molecular flexibility index (Phi) is 3.60. The largest absolute Gasteiger partial charge is 0.431 e. The third-order valence-corrected chi connectivity index (χ3v) is 3.28. The molecule has 0 bridgehead atoms. The molecule has 0 saturated carbocycles. The highest BCUT2D eigenvalue weighted by Gasteiger charge is 2.32. The Bertz CT molecular complexity index is 679. The number of benzene rings is 1. The normalized spacial score (nSPS) is 11.6. The van der Waals surface area contributed by atoms with Gasteiger partial charge in [0.15, 0.2) is 0 Å². The number of rotatable bonds is 1. The molecule has 1 aromatic heterocycles. The summed E-state index contributed by atoms with van der Waals surface area (Å²) in [6.45, 7) is 0. The Hall–Kier alpha value is -1.46. The topological polar surface area (TPSA) is 32.9 Å². The summed E-state index contributed by atoms with van der Waals surface area (Å²) in [5.74, 6) is 0. The summed E-state index contributed by atoms with van der Waals surface area (Å²) in [4.78, 5) is 13.5. The molecular weight excluding hydrogens is 302 g/mol. The van der Waals surface area contributed by atoms with E-state index < -0.39 is 17.4 Å². The molecule has 1 aromatic carbocycles. The average molecular weight is 308 g/mol. The van der Waals surface area contributed by atoms with Gasteiger partial charge in [-0.3, -0.25) is 4.79 Å². The van der Waals surface area contributed by atoms with Gasteiger partial charge in [0.25, 0.3) is 5.56 Å². The van der Waals surface area contributed by atoms with Crippen molar-refractivity contribution in [2.24, 2.45) is 0 Å². The fraction of sp³-hybridized carbons (Fsp3) is 0.0833. The molecule has 0 aliphatic heterocycles. The van der Waals surface area contributed by atoms with Gasteiger partial charge in [-0.1, -0.05) is 35.3 Å². The molecule has 0 fully saturated rings. The van der Waals surface area contributed by atoms with Crippen molar-refractivity contribution in [1.29, 1.82) is 0 Å². The van der Waals surface area contributed by atoms with Gasteiger partial charge >= 0.3 is 6.18 Å². The van der Waals surface area contributed by atoms with Crippen LogP contribution in [0.5, 0.6) is 0 Å². The lowest BCUT2D eigenvalue weighted by Crippen LogP contribution is -2.17. The van der Waals surface area contributed by atoms with Crippen LogP contribution in [0.1, 0.15) is 5.69 Å². The van der Waals surface area contributed by atoms with Crippen molar-refractivity contribution in [3.8, 4) is 11.1 Å². The van der Waals surface area contributed by atoms with Gasteiger partial charge in [-0.15, -0.1) is 0 Å². The fourth-order valence-corrected chi connectivity index (χ4v) is 1.97. The zero-order chi connectivity index (χ0) is 14.2. The lowest BCUT2D eigenvalue weighted by Gasteiger charge is -2.08. The predicted molar refractivity (Wildman–Crippen MR) is 67.5 cm³/mol. The van der Waals surface area contributed by atoms with Crippen molar-refractivity contribution in [3.05, 3.63) is 56.4 Å². The van der Waals surface area contributed by atoms with Crippen molar-refractivity contribution >= 4 is 23.2 Å². The molecule has 2 nitrogen and oxygen atoms in total. The highest BCUT2D eigenvalue weighted by atomic mass is 35.5. The van der Waals surface area contributed by atoms with Crippen LogP contribution in [0.3, 0.4) is 0 Å². The molecule has 0 unspecified atom stereocenters.